The van der Waals surface area contributed by atoms with Gasteiger partial charge in [0.1, 0.15) is 0 Å². The molecule has 0 saturated carbocycles. The Morgan fingerprint density at radius 1 is 1.10 bits per heavy atom. The van der Waals surface area contributed by atoms with Gasteiger partial charge in [-0.1, -0.05) is 18.5 Å². The maximum atomic E-state index is 9.27. The fourth-order valence-corrected chi connectivity index (χ4v) is 2.32. The van der Waals surface area contributed by atoms with Crippen molar-refractivity contribution in [3.63, 3.8) is 0 Å². The summed E-state index contributed by atoms with van der Waals surface area (Å²) in [6.45, 7) is 1.92. The summed E-state index contributed by atoms with van der Waals surface area (Å²) in [7, 11) is 0. The number of halogens is 1. The maximum Gasteiger partial charge on any atom is 0.172 e. The van der Waals surface area contributed by atoms with Crippen LogP contribution in [0.4, 0.5) is 5.69 Å². The monoisotopic (exact) mass is 291 g/mol. The van der Waals surface area contributed by atoms with Crippen LogP contribution >= 0.6 is 11.6 Å². The lowest BCUT2D eigenvalue weighted by Gasteiger charge is -2.23. The molecule has 2 aromatic rings. The van der Waals surface area contributed by atoms with Crippen molar-refractivity contribution in [2.75, 3.05) is 12.3 Å². The number of benzene rings is 2. The molecule has 3 rings (SSSR count). The van der Waals surface area contributed by atoms with Gasteiger partial charge in [0.15, 0.2) is 23.0 Å². The van der Waals surface area contributed by atoms with Gasteiger partial charge in [-0.3, -0.25) is 0 Å². The van der Waals surface area contributed by atoms with E-state index in [0.717, 1.165) is 5.56 Å². The smallest absolute Gasteiger partial charge is 0.172 e. The number of hydrogen-bond acceptors (Lipinski definition) is 4. The van der Waals surface area contributed by atoms with Crippen LogP contribution in [0.1, 0.15) is 18.4 Å². The molecule has 1 aliphatic heterocycles. The Morgan fingerprint density at radius 2 is 1.75 bits per heavy atom. The van der Waals surface area contributed by atoms with Crippen molar-refractivity contribution in [2.45, 2.75) is 12.8 Å². The number of ether oxygens (including phenoxy) is 2. The van der Waals surface area contributed by atoms with Gasteiger partial charge in [-0.2, -0.15) is 0 Å². The van der Waals surface area contributed by atoms with Crippen LogP contribution in [-0.4, -0.2) is 11.7 Å². The predicted octanol–water partition coefficient (Wildman–Crippen LogP) is 3.92. The molecule has 1 atom stereocenters. The second-order valence-corrected chi connectivity index (χ2v) is 5.24. The largest absolute Gasteiger partial charge is 0.449 e. The average molecular weight is 292 g/mol. The molecule has 0 fully saturated rings. The quantitative estimate of drug-likeness (QED) is 0.703. The molecule has 4 nitrogen and oxygen atoms in total. The second kappa shape index (κ2) is 4.89. The van der Waals surface area contributed by atoms with Crippen LogP contribution < -0.4 is 15.2 Å². The van der Waals surface area contributed by atoms with Crippen LogP contribution in [0.25, 0.3) is 0 Å². The molecule has 3 N–H and O–H groups in total. The summed E-state index contributed by atoms with van der Waals surface area (Å²) in [6, 6.07) is 8.70. The lowest BCUT2D eigenvalue weighted by molar-refractivity contribution is 0.273. The zero-order valence-electron chi connectivity index (χ0n) is 10.9. The highest BCUT2D eigenvalue weighted by Crippen LogP contribution is 2.48. The van der Waals surface area contributed by atoms with E-state index in [4.69, 9.17) is 26.8 Å². The van der Waals surface area contributed by atoms with Gasteiger partial charge in [-0.15, -0.1) is 0 Å². The lowest BCUT2D eigenvalue weighted by Crippen LogP contribution is -2.06. The van der Waals surface area contributed by atoms with Gasteiger partial charge in [0.05, 0.1) is 0 Å². The van der Waals surface area contributed by atoms with E-state index in [1.807, 2.05) is 6.92 Å². The van der Waals surface area contributed by atoms with Gasteiger partial charge in [0.25, 0.3) is 0 Å². The Bertz CT molecular complexity index is 672. The summed E-state index contributed by atoms with van der Waals surface area (Å²) in [4.78, 5) is 0. The molecule has 0 amide bonds. The van der Waals surface area contributed by atoms with Crippen molar-refractivity contribution >= 4 is 17.3 Å². The van der Waals surface area contributed by atoms with E-state index in [1.165, 1.54) is 0 Å². The van der Waals surface area contributed by atoms with Gasteiger partial charge in [0.2, 0.25) is 0 Å². The van der Waals surface area contributed by atoms with E-state index in [0.29, 0.717) is 33.7 Å². The molecule has 0 aliphatic carbocycles. The summed E-state index contributed by atoms with van der Waals surface area (Å²) >= 11 is 5.94. The van der Waals surface area contributed by atoms with E-state index in [9.17, 15) is 5.11 Å². The zero-order valence-corrected chi connectivity index (χ0v) is 11.6. The first-order chi connectivity index (χ1) is 9.58. The van der Waals surface area contributed by atoms with Gasteiger partial charge >= 0.3 is 0 Å². The third-order valence-corrected chi connectivity index (χ3v) is 3.53. The molecular weight excluding hydrogens is 278 g/mol. The molecular formula is C15H14ClNO3. The van der Waals surface area contributed by atoms with Gasteiger partial charge < -0.3 is 20.3 Å². The fourth-order valence-electron chi connectivity index (χ4n) is 2.16. The first kappa shape index (κ1) is 13.1. The molecule has 1 heterocycles. The van der Waals surface area contributed by atoms with E-state index in [2.05, 4.69) is 0 Å². The van der Waals surface area contributed by atoms with Gasteiger partial charge in [-0.05, 0) is 23.8 Å². The first-order valence-corrected chi connectivity index (χ1v) is 6.66. The standard InChI is InChI=1S/C15H14ClNO3/c1-8(7-18)10-5-14-15(6-11(10)17)19-12-3-2-9(16)4-13(12)20-14/h2-6,8,18H,7,17H2,1H3. The molecule has 1 unspecified atom stereocenters. The van der Waals surface area contributed by atoms with Crippen molar-refractivity contribution in [3.8, 4) is 23.0 Å². The van der Waals surface area contributed by atoms with E-state index < -0.39 is 0 Å². The normalized spacial score (nSPS) is 13.8. The van der Waals surface area contributed by atoms with Gasteiger partial charge in [-0.25, -0.2) is 0 Å². The van der Waals surface area contributed by atoms with Crippen LogP contribution in [-0.2, 0) is 0 Å². The van der Waals surface area contributed by atoms with Crippen molar-refractivity contribution < 1.29 is 14.6 Å². The second-order valence-electron chi connectivity index (χ2n) is 4.81. The summed E-state index contributed by atoms with van der Waals surface area (Å²) < 4.78 is 11.6. The Labute approximate surface area is 121 Å². The molecule has 1 aliphatic rings. The molecule has 0 spiro atoms. The first-order valence-electron chi connectivity index (χ1n) is 6.28. The molecule has 0 saturated heterocycles. The Morgan fingerprint density at radius 3 is 2.50 bits per heavy atom. The van der Waals surface area contributed by atoms with Crippen LogP contribution in [0.15, 0.2) is 30.3 Å². The molecule has 20 heavy (non-hydrogen) atoms. The predicted molar refractivity (Wildman–Crippen MR) is 78.0 cm³/mol. The molecule has 0 radical (unpaired) electrons. The fraction of sp³-hybridized carbons (Fsp3) is 0.200. The minimum absolute atomic E-state index is 0.0201. The van der Waals surface area contributed by atoms with Crippen molar-refractivity contribution in [2.24, 2.45) is 0 Å². The van der Waals surface area contributed by atoms with Crippen molar-refractivity contribution in [3.05, 3.63) is 40.9 Å². The Hall–Kier alpha value is -1.91. The third kappa shape index (κ3) is 2.17. The van der Waals surface area contributed by atoms with Crippen molar-refractivity contribution in [1.82, 2.24) is 0 Å². The minimum atomic E-state index is -0.0651. The van der Waals surface area contributed by atoms with E-state index in [1.54, 1.807) is 30.3 Å². The minimum Gasteiger partial charge on any atom is -0.449 e. The number of hydrogen-bond donors (Lipinski definition) is 2. The maximum absolute atomic E-state index is 9.27. The molecule has 0 bridgehead atoms. The highest BCUT2D eigenvalue weighted by molar-refractivity contribution is 6.30. The zero-order chi connectivity index (χ0) is 14.3. The van der Waals surface area contributed by atoms with Crippen molar-refractivity contribution in [1.29, 1.82) is 0 Å². The number of nitrogen functional groups attached to an aromatic ring is 1. The Kier molecular flexibility index (Phi) is 3.20. The molecule has 0 aromatic heterocycles. The average Bonchev–Trinajstić information content (AvgIpc) is 2.44. The number of rotatable bonds is 2. The highest BCUT2D eigenvalue weighted by atomic mass is 35.5. The third-order valence-electron chi connectivity index (χ3n) is 3.30. The van der Waals surface area contributed by atoms with E-state index >= 15 is 0 Å². The summed E-state index contributed by atoms with van der Waals surface area (Å²) in [5.74, 6) is 2.24. The van der Waals surface area contributed by atoms with Crippen LogP contribution in [0, 0.1) is 0 Å². The van der Waals surface area contributed by atoms with Gasteiger partial charge in [0, 0.05) is 35.4 Å². The van der Waals surface area contributed by atoms with Crippen LogP contribution in [0.5, 0.6) is 23.0 Å². The van der Waals surface area contributed by atoms with Crippen LogP contribution in [0.3, 0.4) is 0 Å². The number of fused-ring (bicyclic) bond motifs is 2. The summed E-state index contributed by atoms with van der Waals surface area (Å²) in [5.41, 5.74) is 7.41. The topological polar surface area (TPSA) is 64.7 Å². The lowest BCUT2D eigenvalue weighted by atomic mass is 9.99. The van der Waals surface area contributed by atoms with Crippen LogP contribution in [0.2, 0.25) is 5.02 Å². The molecule has 5 heteroatoms. The number of nitrogens with two attached hydrogens (primary N) is 1. The SMILES string of the molecule is CC(CO)c1cc2c(cc1N)Oc1ccc(Cl)cc1O2. The molecule has 104 valence electrons. The summed E-state index contributed by atoms with van der Waals surface area (Å²) in [6.07, 6.45) is 0. The number of aliphatic hydroxyl groups is 1. The Balaban J connectivity index is 2.04. The van der Waals surface area contributed by atoms with E-state index in [-0.39, 0.29) is 12.5 Å². The number of aliphatic hydroxyl groups excluding tert-OH is 1. The summed E-state index contributed by atoms with van der Waals surface area (Å²) in [5, 5.41) is 9.84. The molecule has 2 aromatic carbocycles. The number of anilines is 1. The highest BCUT2D eigenvalue weighted by Gasteiger charge is 2.22.